The Hall–Kier alpha value is -1.63. The van der Waals surface area contributed by atoms with Crippen LogP contribution in [-0.4, -0.2) is 78.7 Å². The van der Waals surface area contributed by atoms with E-state index in [2.05, 4.69) is 55.7 Å². The van der Waals surface area contributed by atoms with E-state index >= 15 is 0 Å². The number of nitrogens with zero attached hydrogens (tertiary/aromatic N) is 3. The van der Waals surface area contributed by atoms with Crippen molar-refractivity contribution in [3.05, 3.63) is 29.3 Å². The van der Waals surface area contributed by atoms with Gasteiger partial charge in [0.05, 0.1) is 19.2 Å². The Morgan fingerprint density at radius 2 is 1.83 bits per heavy atom. The minimum Gasteiger partial charge on any atom is -0.496 e. The number of hydrogen-bond acceptors (Lipinski definition) is 5. The van der Waals surface area contributed by atoms with Gasteiger partial charge in [0.1, 0.15) is 5.75 Å². The van der Waals surface area contributed by atoms with Crippen LogP contribution in [0.2, 0.25) is 0 Å². The SMILES string of the molecule is COc1ccc(CN2CC(=O)N(C)C3(CCOCC3)C2)cc1CN(C(C)C)C(C)C. The molecule has 1 amide bonds. The van der Waals surface area contributed by atoms with Gasteiger partial charge in [0.15, 0.2) is 0 Å². The van der Waals surface area contributed by atoms with Crippen LogP contribution < -0.4 is 4.74 Å². The molecule has 0 bridgehead atoms. The van der Waals surface area contributed by atoms with E-state index in [4.69, 9.17) is 9.47 Å². The highest BCUT2D eigenvalue weighted by molar-refractivity contribution is 5.79. The summed E-state index contributed by atoms with van der Waals surface area (Å²) in [6, 6.07) is 7.39. The lowest BCUT2D eigenvalue weighted by Gasteiger charge is -2.51. The number of methoxy groups -OCH3 is 1. The van der Waals surface area contributed by atoms with Crippen molar-refractivity contribution in [2.45, 2.75) is 71.2 Å². The average molecular weight is 418 g/mol. The third kappa shape index (κ3) is 4.98. The number of ether oxygens (including phenoxy) is 2. The smallest absolute Gasteiger partial charge is 0.237 e. The van der Waals surface area contributed by atoms with E-state index in [1.165, 1.54) is 11.1 Å². The summed E-state index contributed by atoms with van der Waals surface area (Å²) in [5.41, 5.74) is 2.35. The summed E-state index contributed by atoms with van der Waals surface area (Å²) in [4.78, 5) is 19.5. The van der Waals surface area contributed by atoms with Gasteiger partial charge in [-0.1, -0.05) is 6.07 Å². The number of likely N-dealkylation sites (N-methyl/N-ethyl adjacent to an activating group) is 1. The second kappa shape index (κ2) is 9.67. The number of amides is 1. The molecule has 6 nitrogen and oxygen atoms in total. The minimum atomic E-state index is -0.0883. The van der Waals surface area contributed by atoms with Crippen molar-refractivity contribution in [1.82, 2.24) is 14.7 Å². The zero-order chi connectivity index (χ0) is 21.9. The molecule has 0 unspecified atom stereocenters. The zero-order valence-corrected chi connectivity index (χ0v) is 19.6. The van der Waals surface area contributed by atoms with Crippen molar-refractivity contribution < 1.29 is 14.3 Å². The normalized spacial score (nSPS) is 20.0. The fourth-order valence-corrected chi connectivity index (χ4v) is 4.97. The first-order valence-electron chi connectivity index (χ1n) is 11.2. The van der Waals surface area contributed by atoms with E-state index < -0.39 is 0 Å². The molecule has 168 valence electrons. The maximum Gasteiger partial charge on any atom is 0.237 e. The molecule has 1 aromatic rings. The van der Waals surface area contributed by atoms with E-state index in [9.17, 15) is 4.79 Å². The molecule has 2 fully saturated rings. The minimum absolute atomic E-state index is 0.0883. The lowest BCUT2D eigenvalue weighted by atomic mass is 9.85. The number of carbonyl (C=O) groups excluding carboxylic acids is 1. The summed E-state index contributed by atoms with van der Waals surface area (Å²) in [5.74, 6) is 1.14. The summed E-state index contributed by atoms with van der Waals surface area (Å²) >= 11 is 0. The van der Waals surface area contributed by atoms with Crippen molar-refractivity contribution in [3.8, 4) is 5.75 Å². The van der Waals surface area contributed by atoms with Crippen LogP contribution in [0.3, 0.4) is 0 Å². The quantitative estimate of drug-likeness (QED) is 0.682. The summed E-state index contributed by atoms with van der Waals surface area (Å²) in [7, 11) is 3.70. The van der Waals surface area contributed by atoms with Gasteiger partial charge in [-0.25, -0.2) is 0 Å². The maximum atomic E-state index is 12.7. The van der Waals surface area contributed by atoms with Gasteiger partial charge < -0.3 is 14.4 Å². The van der Waals surface area contributed by atoms with Gasteiger partial charge in [-0.2, -0.15) is 0 Å². The first-order valence-corrected chi connectivity index (χ1v) is 11.2. The monoisotopic (exact) mass is 417 g/mol. The second-order valence-corrected chi connectivity index (χ2v) is 9.44. The largest absolute Gasteiger partial charge is 0.496 e. The van der Waals surface area contributed by atoms with Gasteiger partial charge >= 0.3 is 0 Å². The molecule has 30 heavy (non-hydrogen) atoms. The fourth-order valence-electron chi connectivity index (χ4n) is 4.97. The van der Waals surface area contributed by atoms with E-state index in [0.717, 1.165) is 51.4 Å². The molecule has 6 heteroatoms. The van der Waals surface area contributed by atoms with E-state index in [0.29, 0.717) is 18.6 Å². The van der Waals surface area contributed by atoms with Gasteiger partial charge in [-0.15, -0.1) is 0 Å². The molecule has 3 rings (SSSR count). The molecule has 0 aliphatic carbocycles. The molecule has 0 saturated carbocycles. The average Bonchev–Trinajstić information content (AvgIpc) is 2.70. The predicted molar refractivity (Wildman–Crippen MR) is 120 cm³/mol. The highest BCUT2D eigenvalue weighted by Gasteiger charge is 2.44. The summed E-state index contributed by atoms with van der Waals surface area (Å²) in [6.07, 6.45) is 1.83. The fraction of sp³-hybridized carbons (Fsp3) is 0.708. The standard InChI is InChI=1S/C24H39N3O3/c1-18(2)27(19(3)4)15-21-13-20(7-8-22(21)29-6)14-26-16-23(28)25(5)24(17-26)9-11-30-12-10-24/h7-8,13,18-19H,9-12,14-17H2,1-6H3. The van der Waals surface area contributed by atoms with Crippen LogP contribution in [0.5, 0.6) is 5.75 Å². The second-order valence-electron chi connectivity index (χ2n) is 9.44. The molecule has 0 aromatic heterocycles. The highest BCUT2D eigenvalue weighted by Crippen LogP contribution is 2.32. The van der Waals surface area contributed by atoms with Gasteiger partial charge in [0.25, 0.3) is 0 Å². The molecular weight excluding hydrogens is 378 g/mol. The van der Waals surface area contributed by atoms with Gasteiger partial charge in [-0.3, -0.25) is 14.6 Å². The summed E-state index contributed by atoms with van der Waals surface area (Å²) in [5, 5.41) is 0. The van der Waals surface area contributed by atoms with Crippen molar-refractivity contribution in [2.75, 3.05) is 40.5 Å². The summed E-state index contributed by atoms with van der Waals surface area (Å²) in [6.45, 7) is 13.4. The third-order valence-corrected chi connectivity index (χ3v) is 6.82. The molecule has 2 aliphatic rings. The number of piperazine rings is 1. The third-order valence-electron chi connectivity index (χ3n) is 6.82. The number of benzene rings is 1. The van der Waals surface area contributed by atoms with Crippen molar-refractivity contribution >= 4 is 5.91 Å². The molecule has 2 saturated heterocycles. The van der Waals surface area contributed by atoms with Crippen LogP contribution in [0.4, 0.5) is 0 Å². The summed E-state index contributed by atoms with van der Waals surface area (Å²) < 4.78 is 11.2. The van der Waals surface area contributed by atoms with Crippen LogP contribution in [0.1, 0.15) is 51.7 Å². The van der Waals surface area contributed by atoms with Gasteiger partial charge in [0, 0.05) is 57.5 Å². The number of carbonyl (C=O) groups is 1. The Balaban J connectivity index is 1.78. The molecule has 0 N–H and O–H groups in total. The van der Waals surface area contributed by atoms with Crippen molar-refractivity contribution in [2.24, 2.45) is 0 Å². The Morgan fingerprint density at radius 3 is 2.43 bits per heavy atom. The van der Waals surface area contributed by atoms with Gasteiger partial charge in [0.2, 0.25) is 5.91 Å². The van der Waals surface area contributed by atoms with E-state index in [-0.39, 0.29) is 11.4 Å². The molecule has 0 atom stereocenters. The first-order chi connectivity index (χ1) is 14.3. The van der Waals surface area contributed by atoms with Crippen LogP contribution in [0.25, 0.3) is 0 Å². The molecule has 2 heterocycles. The topological polar surface area (TPSA) is 45.3 Å². The first kappa shape index (κ1) is 23.0. The van der Waals surface area contributed by atoms with Crippen LogP contribution in [-0.2, 0) is 22.6 Å². The Kier molecular flexibility index (Phi) is 7.43. The van der Waals surface area contributed by atoms with Gasteiger partial charge in [-0.05, 0) is 58.2 Å². The number of hydrogen-bond donors (Lipinski definition) is 0. The molecule has 1 aromatic carbocycles. The van der Waals surface area contributed by atoms with E-state index in [1.807, 2.05) is 11.9 Å². The Morgan fingerprint density at radius 1 is 1.17 bits per heavy atom. The Bertz CT molecular complexity index is 720. The predicted octanol–water partition coefficient (Wildman–Crippen LogP) is 3.14. The zero-order valence-electron chi connectivity index (χ0n) is 19.6. The molecule has 1 spiro atoms. The molecule has 0 radical (unpaired) electrons. The van der Waals surface area contributed by atoms with E-state index in [1.54, 1.807) is 7.11 Å². The lowest BCUT2D eigenvalue weighted by Crippen LogP contribution is -2.64. The van der Waals surface area contributed by atoms with Crippen LogP contribution in [0, 0.1) is 0 Å². The van der Waals surface area contributed by atoms with Crippen LogP contribution >= 0.6 is 0 Å². The highest BCUT2D eigenvalue weighted by atomic mass is 16.5. The molecule has 2 aliphatic heterocycles. The van der Waals surface area contributed by atoms with Crippen molar-refractivity contribution in [3.63, 3.8) is 0 Å². The molecular formula is C24H39N3O3. The Labute approximate surface area is 182 Å². The number of rotatable bonds is 7. The lowest BCUT2D eigenvalue weighted by molar-refractivity contribution is -0.150. The maximum absolute atomic E-state index is 12.7. The van der Waals surface area contributed by atoms with Crippen LogP contribution in [0.15, 0.2) is 18.2 Å². The van der Waals surface area contributed by atoms with Crippen molar-refractivity contribution in [1.29, 1.82) is 0 Å².